The van der Waals surface area contributed by atoms with Gasteiger partial charge in [0.1, 0.15) is 30.0 Å². The summed E-state index contributed by atoms with van der Waals surface area (Å²) in [4.78, 5) is 26.0. The highest BCUT2D eigenvalue weighted by molar-refractivity contribution is 5.76. The Morgan fingerprint density at radius 3 is 2.78 bits per heavy atom. The number of amides is 1. The minimum atomic E-state index is -0.613. The van der Waals surface area contributed by atoms with Crippen molar-refractivity contribution >= 4 is 11.7 Å². The molecule has 1 aliphatic rings. The van der Waals surface area contributed by atoms with Crippen LogP contribution in [0.3, 0.4) is 0 Å². The van der Waals surface area contributed by atoms with Gasteiger partial charge >= 0.3 is 0 Å². The molecule has 1 amide bonds. The number of carbonyl (C=O) groups excluding carboxylic acids is 1. The number of likely N-dealkylation sites (N-methyl/N-ethyl adjacent to an activating group) is 2. The number of nitrogens with one attached hydrogen (secondary N) is 1. The molecule has 10 nitrogen and oxygen atoms in total. The lowest BCUT2D eigenvalue weighted by Gasteiger charge is -2.25. The van der Waals surface area contributed by atoms with Crippen molar-refractivity contribution in [2.75, 3.05) is 45.2 Å². The lowest BCUT2D eigenvalue weighted by Crippen LogP contribution is -2.37. The van der Waals surface area contributed by atoms with Gasteiger partial charge in [-0.15, -0.1) is 0 Å². The van der Waals surface area contributed by atoms with Crippen LogP contribution in [0.4, 0.5) is 5.82 Å². The number of rotatable bonds is 9. The van der Waals surface area contributed by atoms with Crippen molar-refractivity contribution in [2.45, 2.75) is 46.3 Å². The summed E-state index contributed by atoms with van der Waals surface area (Å²) in [6, 6.07) is 7.69. The molecule has 1 aromatic carbocycles. The Labute approximate surface area is 217 Å². The lowest BCUT2D eigenvalue weighted by atomic mass is 10.0. The number of hydrogen-bond acceptors (Lipinski definition) is 9. The highest BCUT2D eigenvalue weighted by Gasteiger charge is 2.30. The first kappa shape index (κ1) is 26.6. The second kappa shape index (κ2) is 11.3. The summed E-state index contributed by atoms with van der Waals surface area (Å²) in [6.07, 6.45) is 0.256. The van der Waals surface area contributed by atoms with E-state index in [1.165, 1.54) is 0 Å². The molecule has 2 aromatic heterocycles. The Kier molecular flexibility index (Phi) is 8.09. The van der Waals surface area contributed by atoms with Crippen LogP contribution in [-0.2, 0) is 4.79 Å². The molecule has 198 valence electrons. The Bertz CT molecular complexity index is 1240. The number of anilines is 1. The van der Waals surface area contributed by atoms with Gasteiger partial charge in [-0.2, -0.15) is 0 Å². The standard InChI is InChI=1S/C27H36N6O4/c1-16-25(24-17(2)31-37-18(24)3)29-26(20-8-7-9-23(12-20)36-15-22(35)13-28-5)30-27(16)33-11-10-21(14-33)32(6)19(4)34/h7-9,12,21-22,28,35H,10-11,13-15H2,1-6H3. The van der Waals surface area contributed by atoms with Crippen molar-refractivity contribution in [3.05, 3.63) is 41.3 Å². The van der Waals surface area contributed by atoms with Gasteiger partial charge in [0.05, 0.1) is 23.0 Å². The van der Waals surface area contributed by atoms with Crippen LogP contribution in [-0.4, -0.2) is 83.5 Å². The van der Waals surface area contributed by atoms with Crippen LogP contribution in [0.15, 0.2) is 28.8 Å². The van der Waals surface area contributed by atoms with E-state index in [2.05, 4.69) is 15.4 Å². The van der Waals surface area contributed by atoms with Gasteiger partial charge in [-0.1, -0.05) is 17.3 Å². The number of aliphatic hydroxyl groups is 1. The summed E-state index contributed by atoms with van der Waals surface area (Å²) >= 11 is 0. The molecule has 1 fully saturated rings. The van der Waals surface area contributed by atoms with Crippen LogP contribution in [0, 0.1) is 20.8 Å². The normalized spacial score (nSPS) is 16.2. The predicted octanol–water partition coefficient (Wildman–Crippen LogP) is 2.74. The summed E-state index contributed by atoms with van der Waals surface area (Å²) in [5, 5.41) is 17.1. The van der Waals surface area contributed by atoms with Gasteiger partial charge < -0.3 is 29.5 Å². The summed E-state index contributed by atoms with van der Waals surface area (Å²) < 4.78 is 11.3. The number of ether oxygens (including phenoxy) is 1. The molecule has 2 unspecified atom stereocenters. The molecule has 0 saturated carbocycles. The molecule has 3 heterocycles. The molecule has 3 aromatic rings. The van der Waals surface area contributed by atoms with Crippen LogP contribution in [0.5, 0.6) is 5.75 Å². The molecule has 4 rings (SSSR count). The minimum Gasteiger partial charge on any atom is -0.491 e. The number of aryl methyl sites for hydroxylation is 2. The summed E-state index contributed by atoms with van der Waals surface area (Å²) in [5.41, 5.74) is 4.14. The van der Waals surface area contributed by atoms with Crippen molar-refractivity contribution in [1.82, 2.24) is 25.3 Å². The fraction of sp³-hybridized carbons (Fsp3) is 0.481. The summed E-state index contributed by atoms with van der Waals surface area (Å²) in [7, 11) is 3.64. The Morgan fingerprint density at radius 2 is 2.11 bits per heavy atom. The van der Waals surface area contributed by atoms with E-state index in [-0.39, 0.29) is 18.6 Å². The zero-order valence-corrected chi connectivity index (χ0v) is 22.4. The van der Waals surface area contributed by atoms with Gasteiger partial charge in [-0.05, 0) is 46.4 Å². The Balaban J connectivity index is 1.74. The van der Waals surface area contributed by atoms with Crippen molar-refractivity contribution in [3.63, 3.8) is 0 Å². The van der Waals surface area contributed by atoms with Crippen LogP contribution >= 0.6 is 0 Å². The third-order valence-corrected chi connectivity index (χ3v) is 6.87. The second-order valence-electron chi connectivity index (χ2n) is 9.61. The predicted molar refractivity (Wildman–Crippen MR) is 142 cm³/mol. The van der Waals surface area contributed by atoms with Crippen LogP contribution in [0.2, 0.25) is 0 Å². The second-order valence-corrected chi connectivity index (χ2v) is 9.61. The van der Waals surface area contributed by atoms with Gasteiger partial charge in [0.25, 0.3) is 0 Å². The number of aromatic nitrogens is 3. The van der Waals surface area contributed by atoms with Gasteiger partial charge in [0, 0.05) is 44.7 Å². The zero-order chi connectivity index (χ0) is 26.7. The lowest BCUT2D eigenvalue weighted by molar-refractivity contribution is -0.129. The first-order valence-electron chi connectivity index (χ1n) is 12.6. The van der Waals surface area contributed by atoms with Crippen LogP contribution < -0.4 is 15.0 Å². The van der Waals surface area contributed by atoms with E-state index in [1.807, 2.05) is 52.1 Å². The SMILES string of the molecule is CNCC(O)COc1cccc(-c2nc(-c3c(C)noc3C)c(C)c(N3CCC(N(C)C(C)=O)C3)n2)c1. The highest BCUT2D eigenvalue weighted by atomic mass is 16.5. The molecule has 0 radical (unpaired) electrons. The van der Waals surface area contributed by atoms with E-state index in [1.54, 1.807) is 18.9 Å². The molecule has 37 heavy (non-hydrogen) atoms. The van der Waals surface area contributed by atoms with Crippen molar-refractivity contribution in [1.29, 1.82) is 0 Å². The number of nitrogens with zero attached hydrogens (tertiary/aromatic N) is 5. The first-order chi connectivity index (χ1) is 17.7. The third-order valence-electron chi connectivity index (χ3n) is 6.87. The van der Waals surface area contributed by atoms with E-state index in [0.717, 1.165) is 46.9 Å². The van der Waals surface area contributed by atoms with E-state index in [9.17, 15) is 9.90 Å². The summed E-state index contributed by atoms with van der Waals surface area (Å²) in [6.45, 7) is 9.51. The summed E-state index contributed by atoms with van der Waals surface area (Å²) in [5.74, 6) is 2.76. The fourth-order valence-electron chi connectivity index (χ4n) is 4.73. The van der Waals surface area contributed by atoms with E-state index < -0.39 is 6.10 Å². The molecule has 10 heteroatoms. The first-order valence-corrected chi connectivity index (χ1v) is 12.6. The zero-order valence-electron chi connectivity index (χ0n) is 22.4. The van der Waals surface area contributed by atoms with Gasteiger partial charge in [0.2, 0.25) is 5.91 Å². The smallest absolute Gasteiger partial charge is 0.219 e. The largest absolute Gasteiger partial charge is 0.491 e. The van der Waals surface area contributed by atoms with E-state index in [4.69, 9.17) is 19.2 Å². The maximum absolute atomic E-state index is 12.0. The van der Waals surface area contributed by atoms with E-state index in [0.29, 0.717) is 30.4 Å². The average molecular weight is 509 g/mol. The number of benzene rings is 1. The van der Waals surface area contributed by atoms with Crippen LogP contribution in [0.25, 0.3) is 22.6 Å². The quantitative estimate of drug-likeness (QED) is 0.450. The Morgan fingerprint density at radius 1 is 1.32 bits per heavy atom. The van der Waals surface area contributed by atoms with Gasteiger partial charge in [-0.25, -0.2) is 9.97 Å². The molecule has 0 bridgehead atoms. The maximum atomic E-state index is 12.0. The van der Waals surface area contributed by atoms with Crippen molar-refractivity contribution < 1.29 is 19.2 Å². The third kappa shape index (κ3) is 5.75. The Hall–Kier alpha value is -3.50. The molecular formula is C27H36N6O4. The average Bonchev–Trinajstić information content (AvgIpc) is 3.49. The number of carbonyl (C=O) groups is 1. The maximum Gasteiger partial charge on any atom is 0.219 e. The highest BCUT2D eigenvalue weighted by Crippen LogP contribution is 2.36. The molecular weight excluding hydrogens is 472 g/mol. The van der Waals surface area contributed by atoms with E-state index >= 15 is 0 Å². The van der Waals surface area contributed by atoms with Crippen molar-refractivity contribution in [2.24, 2.45) is 0 Å². The molecule has 0 spiro atoms. The van der Waals surface area contributed by atoms with Crippen molar-refractivity contribution in [3.8, 4) is 28.4 Å². The molecule has 2 atom stereocenters. The number of hydrogen-bond donors (Lipinski definition) is 2. The molecule has 1 saturated heterocycles. The van der Waals surface area contributed by atoms with Crippen LogP contribution in [0.1, 0.15) is 30.4 Å². The number of aliphatic hydroxyl groups excluding tert-OH is 1. The monoisotopic (exact) mass is 508 g/mol. The molecule has 1 aliphatic heterocycles. The molecule has 2 N–H and O–H groups in total. The minimum absolute atomic E-state index is 0.0556. The topological polar surface area (TPSA) is 117 Å². The van der Waals surface area contributed by atoms with Gasteiger partial charge in [-0.3, -0.25) is 4.79 Å². The fourth-order valence-corrected chi connectivity index (χ4v) is 4.73. The molecule has 0 aliphatic carbocycles. The van der Waals surface area contributed by atoms with Gasteiger partial charge in [0.15, 0.2) is 5.82 Å².